The first-order valence-electron chi connectivity index (χ1n) is 6.64. The van der Waals surface area contributed by atoms with Crippen LogP contribution in [0.3, 0.4) is 0 Å². The van der Waals surface area contributed by atoms with Crippen LogP contribution in [0.15, 0.2) is 12.1 Å². The molecule has 0 bridgehead atoms. The fraction of sp³-hybridized carbons (Fsp3) is 0.467. The largest absolute Gasteiger partial charge is 0.490 e. The highest BCUT2D eigenvalue weighted by atomic mass is 16.5. The normalized spacial score (nSPS) is 12.3. The monoisotopic (exact) mass is 294 g/mol. The van der Waals surface area contributed by atoms with Crippen LogP contribution in [0.1, 0.15) is 34.6 Å². The van der Waals surface area contributed by atoms with Crippen molar-refractivity contribution < 1.29 is 19.4 Å². The number of anilines is 1. The lowest BCUT2D eigenvalue weighted by molar-refractivity contribution is 0.0816. The zero-order chi connectivity index (χ0) is 16.2. The highest BCUT2D eigenvalue weighted by molar-refractivity contribution is 6.08. The minimum absolute atomic E-state index is 0.0390. The Balaban J connectivity index is 3.00. The molecule has 0 radical (unpaired) electrons. The van der Waals surface area contributed by atoms with Crippen LogP contribution in [0, 0.1) is 0 Å². The molecule has 1 aromatic rings. The number of nitrogen functional groups attached to an aromatic ring is 1. The van der Waals surface area contributed by atoms with Gasteiger partial charge < -0.3 is 20.5 Å². The van der Waals surface area contributed by atoms with E-state index in [1.165, 1.54) is 26.0 Å². The number of nitrogens with zero attached hydrogens (tertiary/aromatic N) is 1. The summed E-state index contributed by atoms with van der Waals surface area (Å²) in [5, 5.41) is 9.79. The molecule has 21 heavy (non-hydrogen) atoms. The second kappa shape index (κ2) is 7.19. The molecular weight excluding hydrogens is 272 g/mol. The molecule has 0 fully saturated rings. The van der Waals surface area contributed by atoms with Crippen LogP contribution in [0.5, 0.6) is 5.75 Å². The van der Waals surface area contributed by atoms with Crippen LogP contribution in [0.25, 0.3) is 0 Å². The molecule has 0 aliphatic heterocycles. The summed E-state index contributed by atoms with van der Waals surface area (Å²) in [7, 11) is 3.67. The molecule has 0 aliphatic rings. The van der Waals surface area contributed by atoms with Crippen molar-refractivity contribution >= 4 is 17.3 Å². The Kier molecular flexibility index (Phi) is 5.87. The minimum Gasteiger partial charge on any atom is -0.490 e. The number of ether oxygens (including phenoxy) is 1. The standard InChI is InChI=1S/C15H22N2O4/c1-9(18)12-5-6-13(14(10(2)19)15(12)16)21-8-11(20)7-17(3)4/h5-6,11,20H,7-8,16H2,1-4H3. The smallest absolute Gasteiger partial charge is 0.165 e. The van der Waals surface area contributed by atoms with Crippen molar-refractivity contribution in [3.05, 3.63) is 23.3 Å². The highest BCUT2D eigenvalue weighted by Gasteiger charge is 2.19. The quantitative estimate of drug-likeness (QED) is 0.575. The number of Topliss-reactive ketones (excluding diaryl/α,β-unsaturated/α-hetero) is 2. The lowest BCUT2D eigenvalue weighted by Gasteiger charge is -2.18. The SMILES string of the molecule is CC(=O)c1ccc(OCC(O)CN(C)C)c(C(C)=O)c1N. The molecule has 0 heterocycles. The first kappa shape index (κ1) is 17.1. The van der Waals surface area contributed by atoms with Crippen molar-refractivity contribution in [2.24, 2.45) is 0 Å². The third kappa shape index (κ3) is 4.54. The molecule has 1 rings (SSSR count). The molecule has 0 saturated heterocycles. The first-order valence-corrected chi connectivity index (χ1v) is 6.64. The van der Waals surface area contributed by atoms with Crippen LogP contribution in [0.2, 0.25) is 0 Å². The van der Waals surface area contributed by atoms with Gasteiger partial charge in [0.05, 0.1) is 11.3 Å². The van der Waals surface area contributed by atoms with Crippen molar-refractivity contribution in [1.29, 1.82) is 0 Å². The minimum atomic E-state index is -0.687. The fourth-order valence-corrected chi connectivity index (χ4v) is 2.05. The summed E-state index contributed by atoms with van der Waals surface area (Å²) in [5.74, 6) is -0.218. The number of aliphatic hydroxyl groups excluding tert-OH is 1. The number of aliphatic hydroxyl groups is 1. The molecule has 0 aliphatic carbocycles. The maximum absolute atomic E-state index is 11.7. The summed E-state index contributed by atoms with van der Waals surface area (Å²) >= 11 is 0. The van der Waals surface area contributed by atoms with E-state index in [1.807, 2.05) is 19.0 Å². The van der Waals surface area contributed by atoms with E-state index in [1.54, 1.807) is 0 Å². The molecule has 116 valence electrons. The Morgan fingerprint density at radius 2 is 1.90 bits per heavy atom. The molecule has 0 saturated carbocycles. The van der Waals surface area contributed by atoms with Crippen molar-refractivity contribution in [2.45, 2.75) is 20.0 Å². The Morgan fingerprint density at radius 3 is 2.38 bits per heavy atom. The average molecular weight is 294 g/mol. The van der Waals surface area contributed by atoms with Crippen LogP contribution in [-0.2, 0) is 0 Å². The number of likely N-dealkylation sites (N-methyl/N-ethyl adjacent to an activating group) is 1. The predicted molar refractivity (Wildman–Crippen MR) is 80.9 cm³/mol. The number of hydrogen-bond donors (Lipinski definition) is 2. The lowest BCUT2D eigenvalue weighted by atomic mass is 10.0. The van der Waals surface area contributed by atoms with Gasteiger partial charge >= 0.3 is 0 Å². The van der Waals surface area contributed by atoms with Gasteiger partial charge in [0, 0.05) is 12.1 Å². The second-order valence-electron chi connectivity index (χ2n) is 5.24. The third-order valence-corrected chi connectivity index (χ3v) is 2.95. The number of carbonyl (C=O) groups is 2. The van der Waals surface area contributed by atoms with Gasteiger partial charge in [-0.1, -0.05) is 0 Å². The molecule has 1 aromatic carbocycles. The van der Waals surface area contributed by atoms with Gasteiger partial charge in [0.15, 0.2) is 11.6 Å². The van der Waals surface area contributed by atoms with Crippen molar-refractivity contribution in [3.8, 4) is 5.75 Å². The van der Waals surface area contributed by atoms with Crippen LogP contribution < -0.4 is 10.5 Å². The van der Waals surface area contributed by atoms with Crippen molar-refractivity contribution in [2.75, 3.05) is 33.0 Å². The Morgan fingerprint density at radius 1 is 1.29 bits per heavy atom. The summed E-state index contributed by atoms with van der Waals surface area (Å²) in [6.07, 6.45) is -0.687. The topological polar surface area (TPSA) is 92.9 Å². The number of ketones is 2. The van der Waals surface area contributed by atoms with Gasteiger partial charge in [0.1, 0.15) is 18.5 Å². The molecule has 0 aromatic heterocycles. The number of hydrogen-bond acceptors (Lipinski definition) is 6. The Hall–Kier alpha value is -1.92. The number of nitrogens with two attached hydrogens (primary N) is 1. The summed E-state index contributed by atoms with van der Waals surface area (Å²) in [4.78, 5) is 25.0. The molecule has 0 spiro atoms. The molecule has 1 atom stereocenters. The van der Waals surface area contributed by atoms with Gasteiger partial charge in [0.25, 0.3) is 0 Å². The van der Waals surface area contributed by atoms with Gasteiger partial charge in [-0.05, 0) is 40.1 Å². The fourth-order valence-electron chi connectivity index (χ4n) is 2.05. The van der Waals surface area contributed by atoms with Gasteiger partial charge in [-0.25, -0.2) is 0 Å². The maximum atomic E-state index is 11.7. The zero-order valence-corrected chi connectivity index (χ0v) is 12.8. The highest BCUT2D eigenvalue weighted by Crippen LogP contribution is 2.29. The maximum Gasteiger partial charge on any atom is 0.165 e. The third-order valence-electron chi connectivity index (χ3n) is 2.95. The number of benzene rings is 1. The van der Waals surface area contributed by atoms with E-state index in [0.717, 1.165) is 0 Å². The van der Waals surface area contributed by atoms with E-state index >= 15 is 0 Å². The molecule has 1 unspecified atom stereocenters. The molecule has 6 heteroatoms. The summed E-state index contributed by atoms with van der Waals surface area (Å²) in [6, 6.07) is 3.06. The second-order valence-corrected chi connectivity index (χ2v) is 5.24. The van der Waals surface area contributed by atoms with Crippen LogP contribution in [-0.4, -0.2) is 54.9 Å². The van der Waals surface area contributed by atoms with Gasteiger partial charge in [-0.3, -0.25) is 9.59 Å². The number of rotatable bonds is 7. The van der Waals surface area contributed by atoms with Crippen molar-refractivity contribution in [1.82, 2.24) is 4.90 Å². The van der Waals surface area contributed by atoms with Gasteiger partial charge in [0.2, 0.25) is 0 Å². The predicted octanol–water partition coefficient (Wildman–Crippen LogP) is 0.975. The summed E-state index contributed by atoms with van der Waals surface area (Å²) in [6.45, 7) is 3.23. The average Bonchev–Trinajstić information content (AvgIpc) is 2.34. The van der Waals surface area contributed by atoms with Crippen LogP contribution >= 0.6 is 0 Å². The lowest BCUT2D eigenvalue weighted by Crippen LogP contribution is -2.30. The molecule has 3 N–H and O–H groups in total. The van der Waals surface area contributed by atoms with Gasteiger partial charge in [-0.15, -0.1) is 0 Å². The first-order chi connectivity index (χ1) is 9.73. The van der Waals surface area contributed by atoms with E-state index in [2.05, 4.69) is 0 Å². The summed E-state index contributed by atoms with van der Waals surface area (Å²) in [5.41, 5.74) is 6.47. The zero-order valence-electron chi connectivity index (χ0n) is 12.8. The molecular formula is C15H22N2O4. The molecule has 0 amide bonds. The molecule has 6 nitrogen and oxygen atoms in total. The van der Waals surface area contributed by atoms with Crippen molar-refractivity contribution in [3.63, 3.8) is 0 Å². The van der Waals surface area contributed by atoms with E-state index < -0.39 is 6.10 Å². The van der Waals surface area contributed by atoms with E-state index in [-0.39, 0.29) is 35.2 Å². The van der Waals surface area contributed by atoms with E-state index in [0.29, 0.717) is 12.1 Å². The van der Waals surface area contributed by atoms with E-state index in [4.69, 9.17) is 10.5 Å². The van der Waals surface area contributed by atoms with E-state index in [9.17, 15) is 14.7 Å². The number of carbonyl (C=O) groups excluding carboxylic acids is 2. The summed E-state index contributed by atoms with van der Waals surface area (Å²) < 4.78 is 5.49. The Labute approximate surface area is 124 Å². The van der Waals surface area contributed by atoms with Crippen LogP contribution in [0.4, 0.5) is 5.69 Å². The Bertz CT molecular complexity index is 541. The van der Waals surface area contributed by atoms with Gasteiger partial charge in [-0.2, -0.15) is 0 Å².